The van der Waals surface area contributed by atoms with E-state index in [9.17, 15) is 14.4 Å². The minimum atomic E-state index is -0.985. The third-order valence-corrected chi connectivity index (χ3v) is 2.27. The van der Waals surface area contributed by atoms with E-state index in [1.54, 1.807) is 6.92 Å². The quantitative estimate of drug-likeness (QED) is 0.672. The molecule has 17 heavy (non-hydrogen) atoms. The molecule has 0 atom stereocenters. The number of hydrogen-bond donors (Lipinski definition) is 2. The number of imide groups is 1. The molecule has 0 saturated heterocycles. The van der Waals surface area contributed by atoms with Crippen LogP contribution in [0.3, 0.4) is 0 Å². The Morgan fingerprint density at radius 2 is 2.00 bits per heavy atom. The molecule has 0 spiro atoms. The van der Waals surface area contributed by atoms with Crippen LogP contribution in [0.15, 0.2) is 0 Å². The highest BCUT2D eigenvalue weighted by atomic mass is 16.5. The first-order valence-electron chi connectivity index (χ1n) is 5.45. The van der Waals surface area contributed by atoms with Gasteiger partial charge in [-0.3, -0.25) is 19.8 Å². The molecule has 0 heterocycles. The zero-order chi connectivity index (χ0) is 12.8. The Labute approximate surface area is 98.7 Å². The number of carbonyl (C=O) groups excluding carboxylic acids is 2. The third kappa shape index (κ3) is 5.30. The van der Waals surface area contributed by atoms with Gasteiger partial charge in [-0.2, -0.15) is 0 Å². The van der Waals surface area contributed by atoms with Crippen LogP contribution in [0.4, 0.5) is 4.79 Å². The molecule has 0 unspecified atom stereocenters. The summed E-state index contributed by atoms with van der Waals surface area (Å²) in [5, 5.41) is 10.7. The summed E-state index contributed by atoms with van der Waals surface area (Å²) < 4.78 is 4.55. The molecule has 0 radical (unpaired) electrons. The molecule has 7 heteroatoms. The van der Waals surface area contributed by atoms with E-state index >= 15 is 0 Å². The number of carboxylic acid groups (broad SMARTS) is 1. The lowest BCUT2D eigenvalue weighted by Crippen LogP contribution is -2.43. The summed E-state index contributed by atoms with van der Waals surface area (Å²) in [5.41, 5.74) is 0. The summed E-state index contributed by atoms with van der Waals surface area (Å²) >= 11 is 0. The van der Waals surface area contributed by atoms with Crippen LogP contribution in [0.2, 0.25) is 0 Å². The molecule has 0 aromatic heterocycles. The molecule has 1 aliphatic rings. The largest absolute Gasteiger partial charge is 0.480 e. The predicted octanol–water partition coefficient (Wildman–Crippen LogP) is -0.192. The first-order chi connectivity index (χ1) is 8.02. The number of ether oxygens (including phenoxy) is 1. The molecule has 2 amide bonds. The minimum absolute atomic E-state index is 0.101. The Morgan fingerprint density at radius 1 is 1.35 bits per heavy atom. The lowest BCUT2D eigenvalue weighted by molar-refractivity contribution is -0.138. The SMILES string of the molecule is CCOC(=O)NC(=O)CN(CC(=O)O)C1CC1. The van der Waals surface area contributed by atoms with Gasteiger partial charge in [-0.15, -0.1) is 0 Å². The zero-order valence-electron chi connectivity index (χ0n) is 9.64. The monoisotopic (exact) mass is 244 g/mol. The highest BCUT2D eigenvalue weighted by molar-refractivity contribution is 5.93. The number of carbonyl (C=O) groups is 3. The molecular weight excluding hydrogens is 228 g/mol. The Balaban J connectivity index is 2.35. The maximum atomic E-state index is 11.4. The van der Waals surface area contributed by atoms with E-state index in [0.717, 1.165) is 12.8 Å². The first-order valence-corrected chi connectivity index (χ1v) is 5.45. The summed E-state index contributed by atoms with van der Waals surface area (Å²) in [4.78, 5) is 34.5. The number of aliphatic carboxylic acids is 1. The van der Waals surface area contributed by atoms with Gasteiger partial charge >= 0.3 is 12.1 Å². The van der Waals surface area contributed by atoms with Crippen LogP contribution in [0.25, 0.3) is 0 Å². The van der Waals surface area contributed by atoms with Gasteiger partial charge in [-0.25, -0.2) is 4.79 Å². The Bertz CT molecular complexity index is 314. The molecule has 0 aromatic rings. The van der Waals surface area contributed by atoms with Crippen molar-refractivity contribution < 1.29 is 24.2 Å². The topological polar surface area (TPSA) is 95.9 Å². The van der Waals surface area contributed by atoms with Crippen molar-refractivity contribution in [2.45, 2.75) is 25.8 Å². The van der Waals surface area contributed by atoms with Crippen molar-refractivity contribution in [2.24, 2.45) is 0 Å². The van der Waals surface area contributed by atoms with E-state index in [4.69, 9.17) is 5.11 Å². The molecule has 1 saturated carbocycles. The number of hydrogen-bond acceptors (Lipinski definition) is 5. The highest BCUT2D eigenvalue weighted by Gasteiger charge is 2.31. The fourth-order valence-corrected chi connectivity index (χ4v) is 1.43. The van der Waals surface area contributed by atoms with Crippen molar-refractivity contribution in [2.75, 3.05) is 19.7 Å². The van der Waals surface area contributed by atoms with Crippen LogP contribution in [0, 0.1) is 0 Å². The normalized spacial score (nSPS) is 14.5. The maximum absolute atomic E-state index is 11.4. The molecule has 1 rings (SSSR count). The number of nitrogens with zero attached hydrogens (tertiary/aromatic N) is 1. The van der Waals surface area contributed by atoms with Crippen LogP contribution in [0.5, 0.6) is 0 Å². The summed E-state index contributed by atoms with van der Waals surface area (Å²) in [6.07, 6.45) is 0.975. The van der Waals surface area contributed by atoms with Gasteiger partial charge in [0, 0.05) is 6.04 Å². The van der Waals surface area contributed by atoms with Gasteiger partial charge in [-0.05, 0) is 19.8 Å². The second-order valence-electron chi connectivity index (χ2n) is 3.80. The lowest BCUT2D eigenvalue weighted by atomic mass is 10.4. The van der Waals surface area contributed by atoms with E-state index in [1.165, 1.54) is 4.90 Å². The van der Waals surface area contributed by atoms with Crippen molar-refractivity contribution in [3.05, 3.63) is 0 Å². The van der Waals surface area contributed by atoms with Gasteiger partial charge in [0.15, 0.2) is 0 Å². The zero-order valence-corrected chi connectivity index (χ0v) is 9.64. The van der Waals surface area contributed by atoms with Crippen molar-refractivity contribution in [3.63, 3.8) is 0 Å². The first kappa shape index (κ1) is 13.4. The molecular formula is C10H16N2O5. The van der Waals surface area contributed by atoms with E-state index in [1.807, 2.05) is 5.32 Å². The van der Waals surface area contributed by atoms with Crippen molar-refractivity contribution >= 4 is 18.0 Å². The molecule has 2 N–H and O–H groups in total. The molecule has 0 aromatic carbocycles. The molecule has 7 nitrogen and oxygen atoms in total. The van der Waals surface area contributed by atoms with Gasteiger partial charge in [0.2, 0.25) is 5.91 Å². The third-order valence-electron chi connectivity index (χ3n) is 2.27. The Hall–Kier alpha value is -1.63. The van der Waals surface area contributed by atoms with Gasteiger partial charge in [0.25, 0.3) is 0 Å². The van der Waals surface area contributed by atoms with Crippen molar-refractivity contribution in [1.82, 2.24) is 10.2 Å². The average Bonchev–Trinajstić information content (AvgIpc) is 2.98. The Morgan fingerprint density at radius 3 is 2.47 bits per heavy atom. The summed E-state index contributed by atoms with van der Waals surface area (Å²) in [6.45, 7) is 1.52. The van der Waals surface area contributed by atoms with Crippen LogP contribution < -0.4 is 5.32 Å². The lowest BCUT2D eigenvalue weighted by Gasteiger charge is -2.18. The molecule has 1 fully saturated rings. The van der Waals surface area contributed by atoms with E-state index in [-0.39, 0.29) is 25.7 Å². The number of amides is 2. The summed E-state index contributed by atoms with van der Waals surface area (Å²) in [5.74, 6) is -1.53. The highest BCUT2D eigenvalue weighted by Crippen LogP contribution is 2.26. The molecule has 96 valence electrons. The molecule has 0 aliphatic heterocycles. The summed E-state index contributed by atoms with van der Waals surface area (Å²) in [7, 11) is 0. The van der Waals surface area contributed by atoms with Crippen molar-refractivity contribution in [1.29, 1.82) is 0 Å². The van der Waals surface area contributed by atoms with Crippen LogP contribution in [-0.4, -0.2) is 53.7 Å². The Kier molecular flexibility index (Phi) is 4.89. The van der Waals surface area contributed by atoms with Crippen LogP contribution >= 0.6 is 0 Å². The van der Waals surface area contributed by atoms with Gasteiger partial charge in [0.1, 0.15) is 0 Å². The van der Waals surface area contributed by atoms with Gasteiger partial charge < -0.3 is 9.84 Å². The van der Waals surface area contributed by atoms with E-state index < -0.39 is 18.0 Å². The molecule has 0 bridgehead atoms. The number of alkyl carbamates (subject to hydrolysis) is 1. The van der Waals surface area contributed by atoms with E-state index in [0.29, 0.717) is 0 Å². The summed E-state index contributed by atoms with van der Waals surface area (Å²) in [6, 6.07) is 0.138. The fraction of sp³-hybridized carbons (Fsp3) is 0.700. The number of rotatable bonds is 6. The second-order valence-corrected chi connectivity index (χ2v) is 3.80. The average molecular weight is 244 g/mol. The van der Waals surface area contributed by atoms with Gasteiger partial charge in [0.05, 0.1) is 19.7 Å². The fourth-order valence-electron chi connectivity index (χ4n) is 1.43. The van der Waals surface area contributed by atoms with Crippen LogP contribution in [0.1, 0.15) is 19.8 Å². The van der Waals surface area contributed by atoms with E-state index in [2.05, 4.69) is 4.74 Å². The number of nitrogens with one attached hydrogen (secondary N) is 1. The second kappa shape index (κ2) is 6.19. The molecule has 1 aliphatic carbocycles. The number of carboxylic acids is 1. The van der Waals surface area contributed by atoms with Crippen LogP contribution in [-0.2, 0) is 14.3 Å². The smallest absolute Gasteiger partial charge is 0.413 e. The standard InChI is InChI=1S/C10H16N2O5/c1-2-17-10(16)11-8(13)5-12(6-9(14)15)7-3-4-7/h7H,2-6H2,1H3,(H,14,15)(H,11,13,16). The van der Waals surface area contributed by atoms with Gasteiger partial charge in [-0.1, -0.05) is 0 Å². The maximum Gasteiger partial charge on any atom is 0.413 e. The predicted molar refractivity (Wildman–Crippen MR) is 57.4 cm³/mol. The minimum Gasteiger partial charge on any atom is -0.480 e. The van der Waals surface area contributed by atoms with Crippen molar-refractivity contribution in [3.8, 4) is 0 Å².